The molecular weight excluding hydrogens is 515 g/mol. The third-order valence-electron chi connectivity index (χ3n) is 6.88. The number of nitrogens with zero attached hydrogens (tertiary/aromatic N) is 2. The first-order chi connectivity index (χ1) is 19.0. The number of benzene rings is 3. The van der Waals surface area contributed by atoms with Crippen LogP contribution in [0.3, 0.4) is 0 Å². The second-order valence-electron chi connectivity index (χ2n) is 9.33. The van der Waals surface area contributed by atoms with Gasteiger partial charge in [-0.2, -0.15) is 0 Å². The highest BCUT2D eigenvalue weighted by Gasteiger charge is 2.32. The van der Waals surface area contributed by atoms with Gasteiger partial charge in [0.25, 0.3) is 5.56 Å². The smallest absolute Gasteiger partial charge is 0.344 e. The molecule has 1 aliphatic carbocycles. The predicted octanol–water partition coefficient (Wildman–Crippen LogP) is 4.40. The normalized spacial score (nSPS) is 16.2. The van der Waals surface area contributed by atoms with Gasteiger partial charge in [0.1, 0.15) is 11.6 Å². The van der Waals surface area contributed by atoms with Crippen molar-refractivity contribution in [3.05, 3.63) is 126 Å². The number of rotatable bonds is 6. The van der Waals surface area contributed by atoms with Crippen molar-refractivity contribution >= 4 is 29.1 Å². The molecule has 6 nitrogen and oxygen atoms in total. The predicted molar refractivity (Wildman–Crippen MR) is 148 cm³/mol. The number of esters is 1. The quantitative estimate of drug-likeness (QED) is 0.340. The first-order valence-electron chi connectivity index (χ1n) is 12.8. The fourth-order valence-corrected chi connectivity index (χ4v) is 6.16. The Labute approximate surface area is 228 Å². The number of ether oxygens (including phenoxy) is 2. The van der Waals surface area contributed by atoms with Crippen molar-refractivity contribution in [1.82, 2.24) is 4.57 Å². The Morgan fingerprint density at radius 1 is 1.10 bits per heavy atom. The molecule has 0 amide bonds. The van der Waals surface area contributed by atoms with Gasteiger partial charge in [-0.1, -0.05) is 59.9 Å². The monoisotopic (exact) mass is 540 g/mol. The molecule has 6 rings (SSSR count). The summed E-state index contributed by atoms with van der Waals surface area (Å²) in [7, 11) is 0. The average Bonchev–Trinajstić information content (AvgIpc) is 3.26. The molecule has 0 bridgehead atoms. The van der Waals surface area contributed by atoms with E-state index in [2.05, 4.69) is 12.1 Å². The molecule has 1 unspecified atom stereocenters. The van der Waals surface area contributed by atoms with Crippen molar-refractivity contribution in [3.8, 4) is 5.75 Å². The summed E-state index contributed by atoms with van der Waals surface area (Å²) in [5.74, 6) is -0.261. The summed E-state index contributed by atoms with van der Waals surface area (Å²) in [5, 5.41) is 0. The number of aryl methyl sites for hydroxylation is 1. The van der Waals surface area contributed by atoms with Crippen LogP contribution in [0.25, 0.3) is 11.8 Å². The molecule has 3 aromatic carbocycles. The van der Waals surface area contributed by atoms with Crippen LogP contribution in [0.1, 0.15) is 41.6 Å². The minimum atomic E-state index is -0.442. The van der Waals surface area contributed by atoms with E-state index in [1.54, 1.807) is 47.9 Å². The molecule has 196 valence electrons. The molecule has 1 aliphatic heterocycles. The van der Waals surface area contributed by atoms with Crippen molar-refractivity contribution in [2.24, 2.45) is 4.99 Å². The van der Waals surface area contributed by atoms with Gasteiger partial charge in [0, 0.05) is 5.56 Å². The summed E-state index contributed by atoms with van der Waals surface area (Å²) in [6.45, 7) is 1.84. The summed E-state index contributed by atoms with van der Waals surface area (Å²) in [6.07, 6.45) is 3.42. The Morgan fingerprint density at radius 3 is 2.74 bits per heavy atom. The highest BCUT2D eigenvalue weighted by Crippen LogP contribution is 2.41. The Kier molecular flexibility index (Phi) is 6.70. The number of halogens is 1. The molecule has 2 heterocycles. The van der Waals surface area contributed by atoms with Gasteiger partial charge >= 0.3 is 5.97 Å². The highest BCUT2D eigenvalue weighted by molar-refractivity contribution is 7.07. The third kappa shape index (κ3) is 4.83. The van der Waals surface area contributed by atoms with Crippen LogP contribution in [-0.2, 0) is 16.0 Å². The molecule has 39 heavy (non-hydrogen) atoms. The van der Waals surface area contributed by atoms with Crippen LogP contribution in [0, 0.1) is 5.82 Å². The average molecular weight is 541 g/mol. The van der Waals surface area contributed by atoms with E-state index < -0.39 is 5.97 Å². The van der Waals surface area contributed by atoms with Crippen molar-refractivity contribution in [3.63, 3.8) is 0 Å². The molecule has 0 radical (unpaired) electrons. The first-order valence-corrected chi connectivity index (χ1v) is 13.6. The molecule has 2 aliphatic rings. The van der Waals surface area contributed by atoms with Gasteiger partial charge in [-0.25, -0.2) is 14.2 Å². The van der Waals surface area contributed by atoms with E-state index in [1.165, 1.54) is 29.0 Å². The van der Waals surface area contributed by atoms with Crippen molar-refractivity contribution in [2.75, 3.05) is 13.2 Å². The molecule has 0 saturated heterocycles. The van der Waals surface area contributed by atoms with Gasteiger partial charge in [0.15, 0.2) is 11.4 Å². The number of hydrogen-bond acceptors (Lipinski definition) is 6. The zero-order valence-corrected chi connectivity index (χ0v) is 22.0. The van der Waals surface area contributed by atoms with Gasteiger partial charge in [-0.15, -0.1) is 0 Å². The summed E-state index contributed by atoms with van der Waals surface area (Å²) < 4.78 is 26.6. The molecule has 1 atom stereocenters. The van der Waals surface area contributed by atoms with E-state index in [0.717, 1.165) is 40.8 Å². The first kappa shape index (κ1) is 25.0. The Morgan fingerprint density at radius 2 is 1.92 bits per heavy atom. The standard InChI is InChI=1S/C31H25FN2O4S/c1-2-37-27(35)18-38-23-8-5-6-19(16-23)17-26-30(36)34-29(21-10-13-22(32)14-11-21)25-15-12-20-7-3-4-9-24(20)28(25)33-31(34)39-26/h3-11,13-14,16-17,29H,2,12,15,18H2,1H3. The molecule has 0 spiro atoms. The minimum absolute atomic E-state index is 0.156. The van der Waals surface area contributed by atoms with E-state index in [4.69, 9.17) is 14.5 Å². The van der Waals surface area contributed by atoms with Crippen LogP contribution >= 0.6 is 11.3 Å². The van der Waals surface area contributed by atoms with Gasteiger partial charge in [-0.3, -0.25) is 9.36 Å². The summed E-state index contributed by atoms with van der Waals surface area (Å²) >= 11 is 1.32. The lowest BCUT2D eigenvalue weighted by Crippen LogP contribution is -2.38. The Hall–Kier alpha value is -4.30. The maximum Gasteiger partial charge on any atom is 0.344 e. The van der Waals surface area contributed by atoms with Gasteiger partial charge in [0.05, 0.1) is 22.9 Å². The number of aromatic nitrogens is 1. The van der Waals surface area contributed by atoms with E-state index >= 15 is 0 Å². The van der Waals surface area contributed by atoms with E-state index in [9.17, 15) is 14.0 Å². The van der Waals surface area contributed by atoms with E-state index in [-0.39, 0.29) is 30.6 Å². The topological polar surface area (TPSA) is 69.9 Å². The van der Waals surface area contributed by atoms with Gasteiger partial charge < -0.3 is 9.47 Å². The zero-order valence-electron chi connectivity index (χ0n) is 21.2. The maximum absolute atomic E-state index is 13.9. The lowest BCUT2D eigenvalue weighted by atomic mass is 9.83. The summed E-state index contributed by atoms with van der Waals surface area (Å²) in [5.41, 5.74) is 5.72. The van der Waals surface area contributed by atoms with Crippen LogP contribution in [0.15, 0.2) is 88.2 Å². The van der Waals surface area contributed by atoms with Crippen LogP contribution in [-0.4, -0.2) is 23.8 Å². The van der Waals surface area contributed by atoms with Crippen molar-refractivity contribution in [1.29, 1.82) is 0 Å². The fraction of sp³-hybridized carbons (Fsp3) is 0.194. The van der Waals surface area contributed by atoms with Crippen LogP contribution in [0.2, 0.25) is 0 Å². The second-order valence-corrected chi connectivity index (χ2v) is 10.3. The molecule has 0 N–H and O–H groups in total. The van der Waals surface area contributed by atoms with Crippen molar-refractivity contribution in [2.45, 2.75) is 25.8 Å². The molecule has 4 aromatic rings. The van der Waals surface area contributed by atoms with E-state index in [1.807, 2.05) is 18.2 Å². The van der Waals surface area contributed by atoms with Crippen LogP contribution in [0.5, 0.6) is 5.75 Å². The molecular formula is C31H25FN2O4S. The third-order valence-corrected chi connectivity index (χ3v) is 7.86. The summed E-state index contributed by atoms with van der Waals surface area (Å²) in [4.78, 5) is 31.1. The molecule has 8 heteroatoms. The zero-order chi connectivity index (χ0) is 26.9. The minimum Gasteiger partial charge on any atom is -0.482 e. The summed E-state index contributed by atoms with van der Waals surface area (Å²) in [6, 6.07) is 21.4. The molecule has 0 saturated carbocycles. The van der Waals surface area contributed by atoms with Crippen molar-refractivity contribution < 1.29 is 18.7 Å². The Balaban J connectivity index is 1.46. The number of thiazole rings is 1. The second kappa shape index (κ2) is 10.5. The number of hydrogen-bond donors (Lipinski definition) is 0. The van der Waals surface area contributed by atoms with E-state index in [0.29, 0.717) is 15.1 Å². The molecule has 1 aromatic heterocycles. The number of carbonyl (C=O) groups excluding carboxylic acids is 1. The fourth-order valence-electron chi connectivity index (χ4n) is 5.16. The molecule has 0 fully saturated rings. The van der Waals surface area contributed by atoms with Crippen LogP contribution < -0.4 is 19.6 Å². The van der Waals surface area contributed by atoms with Gasteiger partial charge in [-0.05, 0) is 72.4 Å². The number of carbonyl (C=O) groups is 1. The largest absolute Gasteiger partial charge is 0.482 e. The lowest BCUT2D eigenvalue weighted by molar-refractivity contribution is -0.145. The van der Waals surface area contributed by atoms with Gasteiger partial charge in [0.2, 0.25) is 0 Å². The van der Waals surface area contributed by atoms with Crippen LogP contribution in [0.4, 0.5) is 4.39 Å². The lowest BCUT2D eigenvalue weighted by Gasteiger charge is -2.30. The number of allylic oxidation sites excluding steroid dienone is 1. The maximum atomic E-state index is 13.9. The number of fused-ring (bicyclic) bond motifs is 3. The Bertz CT molecular complexity index is 1790. The highest BCUT2D eigenvalue weighted by atomic mass is 32.1. The SMILES string of the molecule is CCOC(=O)COc1cccc(C=c2sc3n(c2=O)C(c2ccc(F)cc2)C2=C(N=3)c3ccccc3CC2)c1.